The van der Waals surface area contributed by atoms with Crippen LogP contribution in [0.15, 0.2) is 42.5 Å². The average Bonchev–Trinajstić information content (AvgIpc) is 2.69. The van der Waals surface area contributed by atoms with Crippen molar-refractivity contribution in [3.63, 3.8) is 0 Å². The van der Waals surface area contributed by atoms with Crippen molar-refractivity contribution in [1.29, 1.82) is 0 Å². The Morgan fingerprint density at radius 1 is 1.13 bits per heavy atom. The Labute approximate surface area is 174 Å². The molecule has 0 aromatic heterocycles. The average molecular weight is 436 g/mol. The van der Waals surface area contributed by atoms with Crippen molar-refractivity contribution < 1.29 is 37.9 Å². The lowest BCUT2D eigenvalue weighted by atomic mass is 9.88. The number of nitrogens with one attached hydrogen (secondary N) is 1. The summed E-state index contributed by atoms with van der Waals surface area (Å²) in [4.78, 5) is 46.6. The Morgan fingerprint density at radius 2 is 1.71 bits per heavy atom. The highest BCUT2D eigenvalue weighted by Gasteiger charge is 2.34. The lowest BCUT2D eigenvalue weighted by Gasteiger charge is -2.25. The van der Waals surface area contributed by atoms with Crippen molar-refractivity contribution in [2.75, 3.05) is 6.61 Å². The molecular weight excluding hydrogens is 418 g/mol. The number of nitro groups is 1. The molecule has 0 saturated heterocycles. The first-order valence-corrected chi connectivity index (χ1v) is 9.02. The number of esters is 1. The predicted octanol–water partition coefficient (Wildman–Crippen LogP) is 2.79. The number of carboxylic acid groups (broad SMARTS) is 1. The molecule has 1 amide bonds. The highest BCUT2D eigenvalue weighted by atomic mass is 19.1. The Hall–Kier alpha value is -3.89. The van der Waals surface area contributed by atoms with E-state index < -0.39 is 58.3 Å². The first kappa shape index (κ1) is 23.4. The SMILES string of the molecule is CCOC(=O)C[C@H](c1ccc([N+](=O)[O-])cc1)[C@H](NC(=O)c1cc(F)cc(F)c1)C(=O)O. The van der Waals surface area contributed by atoms with Gasteiger partial charge in [-0.3, -0.25) is 19.7 Å². The molecule has 2 rings (SSSR count). The highest BCUT2D eigenvalue weighted by molar-refractivity contribution is 5.97. The molecule has 164 valence electrons. The standard InChI is InChI=1S/C20H18F2N2O7/c1-2-31-17(25)10-16(11-3-5-15(6-4-11)24(29)30)18(20(27)28)23-19(26)12-7-13(21)9-14(22)8-12/h3-9,16,18H,2,10H2,1H3,(H,23,26)(H,27,28)/t16-,18+/m1/s1. The first-order valence-electron chi connectivity index (χ1n) is 9.02. The fraction of sp³-hybridized carbons (Fsp3) is 0.250. The van der Waals surface area contributed by atoms with E-state index in [1.807, 2.05) is 0 Å². The zero-order valence-corrected chi connectivity index (χ0v) is 16.2. The van der Waals surface area contributed by atoms with Crippen LogP contribution in [0.5, 0.6) is 0 Å². The van der Waals surface area contributed by atoms with Crippen LogP contribution in [0.3, 0.4) is 0 Å². The summed E-state index contributed by atoms with van der Waals surface area (Å²) in [5.74, 6) is -6.62. The van der Waals surface area contributed by atoms with Crippen molar-refractivity contribution >= 4 is 23.5 Å². The summed E-state index contributed by atoms with van der Waals surface area (Å²) < 4.78 is 31.7. The third-order valence-corrected chi connectivity index (χ3v) is 4.30. The Bertz CT molecular complexity index is 975. The van der Waals surface area contributed by atoms with E-state index in [1.165, 1.54) is 12.1 Å². The maximum atomic E-state index is 13.4. The number of halogens is 2. The van der Waals surface area contributed by atoms with Gasteiger partial charge in [-0.05, 0) is 24.6 Å². The van der Waals surface area contributed by atoms with Gasteiger partial charge in [-0.15, -0.1) is 0 Å². The molecule has 0 saturated carbocycles. The molecule has 31 heavy (non-hydrogen) atoms. The highest BCUT2D eigenvalue weighted by Crippen LogP contribution is 2.27. The van der Waals surface area contributed by atoms with Gasteiger partial charge in [-0.2, -0.15) is 0 Å². The number of nitro benzene ring substituents is 1. The normalized spacial score (nSPS) is 12.5. The first-order chi connectivity index (χ1) is 14.6. The van der Waals surface area contributed by atoms with Crippen LogP contribution in [0, 0.1) is 21.7 Å². The molecule has 0 unspecified atom stereocenters. The third kappa shape index (κ3) is 6.29. The number of carbonyl (C=O) groups is 3. The van der Waals surface area contributed by atoms with Crippen molar-refractivity contribution in [2.45, 2.75) is 25.3 Å². The Balaban J connectivity index is 2.40. The Kier molecular flexibility index (Phi) is 7.72. The molecule has 0 aliphatic carbocycles. The second-order valence-corrected chi connectivity index (χ2v) is 6.41. The topological polar surface area (TPSA) is 136 Å². The molecule has 2 aromatic carbocycles. The molecule has 0 fully saturated rings. The number of aliphatic carboxylic acids is 1. The molecule has 9 nitrogen and oxygen atoms in total. The van der Waals surface area contributed by atoms with Crippen molar-refractivity contribution in [3.05, 3.63) is 75.3 Å². The van der Waals surface area contributed by atoms with Gasteiger partial charge in [-0.25, -0.2) is 13.6 Å². The van der Waals surface area contributed by atoms with Crippen molar-refractivity contribution in [2.24, 2.45) is 0 Å². The van der Waals surface area contributed by atoms with E-state index in [9.17, 15) is 38.4 Å². The number of carbonyl (C=O) groups excluding carboxylic acids is 2. The molecular formula is C20H18F2N2O7. The molecule has 2 N–H and O–H groups in total. The minimum Gasteiger partial charge on any atom is -0.480 e. The summed E-state index contributed by atoms with van der Waals surface area (Å²) >= 11 is 0. The van der Waals surface area contributed by atoms with E-state index in [-0.39, 0.29) is 17.9 Å². The number of amides is 1. The number of benzene rings is 2. The van der Waals surface area contributed by atoms with Gasteiger partial charge in [0.2, 0.25) is 0 Å². The zero-order chi connectivity index (χ0) is 23.1. The molecule has 0 aliphatic heterocycles. The van der Waals surface area contributed by atoms with Crippen LogP contribution >= 0.6 is 0 Å². The van der Waals surface area contributed by atoms with Crippen molar-refractivity contribution in [1.82, 2.24) is 5.32 Å². The van der Waals surface area contributed by atoms with E-state index in [0.29, 0.717) is 6.07 Å². The fourth-order valence-electron chi connectivity index (χ4n) is 2.91. The van der Waals surface area contributed by atoms with Crippen LogP contribution in [-0.4, -0.2) is 40.5 Å². The van der Waals surface area contributed by atoms with E-state index in [2.05, 4.69) is 5.32 Å². The molecule has 0 spiro atoms. The molecule has 0 bridgehead atoms. The lowest BCUT2D eigenvalue weighted by Crippen LogP contribution is -2.45. The summed E-state index contributed by atoms with van der Waals surface area (Å²) in [7, 11) is 0. The van der Waals surface area contributed by atoms with Gasteiger partial charge in [0.1, 0.15) is 17.7 Å². The van der Waals surface area contributed by atoms with Gasteiger partial charge in [-0.1, -0.05) is 12.1 Å². The number of rotatable bonds is 9. The third-order valence-electron chi connectivity index (χ3n) is 4.30. The van der Waals surface area contributed by atoms with Crippen LogP contribution in [0.2, 0.25) is 0 Å². The Morgan fingerprint density at radius 3 is 2.19 bits per heavy atom. The van der Waals surface area contributed by atoms with Crippen LogP contribution in [-0.2, 0) is 14.3 Å². The minimum atomic E-state index is -1.70. The van der Waals surface area contributed by atoms with E-state index >= 15 is 0 Å². The molecule has 2 atom stereocenters. The molecule has 0 heterocycles. The van der Waals surface area contributed by atoms with Crippen LogP contribution in [0.1, 0.15) is 35.2 Å². The zero-order valence-electron chi connectivity index (χ0n) is 16.2. The number of non-ortho nitro benzene ring substituents is 1. The van der Waals surface area contributed by atoms with E-state index in [4.69, 9.17) is 4.74 Å². The van der Waals surface area contributed by atoms with Gasteiger partial charge in [0, 0.05) is 29.7 Å². The number of carboxylic acids is 1. The largest absolute Gasteiger partial charge is 0.480 e. The lowest BCUT2D eigenvalue weighted by molar-refractivity contribution is -0.384. The number of hydrogen-bond acceptors (Lipinski definition) is 6. The van der Waals surface area contributed by atoms with Gasteiger partial charge < -0.3 is 15.2 Å². The summed E-state index contributed by atoms with van der Waals surface area (Å²) in [5, 5.41) is 22.7. The van der Waals surface area contributed by atoms with Crippen LogP contribution < -0.4 is 5.32 Å². The molecule has 0 radical (unpaired) electrons. The summed E-state index contributed by atoms with van der Waals surface area (Å²) in [5.41, 5.74) is -0.510. The van der Waals surface area contributed by atoms with Gasteiger partial charge in [0.25, 0.3) is 11.6 Å². The van der Waals surface area contributed by atoms with Gasteiger partial charge in [0.05, 0.1) is 18.0 Å². The van der Waals surface area contributed by atoms with Gasteiger partial charge in [0.15, 0.2) is 0 Å². The quantitative estimate of drug-likeness (QED) is 0.350. The van der Waals surface area contributed by atoms with Crippen molar-refractivity contribution in [3.8, 4) is 0 Å². The van der Waals surface area contributed by atoms with E-state index in [1.54, 1.807) is 6.92 Å². The monoisotopic (exact) mass is 436 g/mol. The molecule has 0 aliphatic rings. The second-order valence-electron chi connectivity index (χ2n) is 6.41. The van der Waals surface area contributed by atoms with Gasteiger partial charge >= 0.3 is 11.9 Å². The summed E-state index contributed by atoms with van der Waals surface area (Å²) in [6.45, 7) is 1.58. The molecule has 11 heteroatoms. The summed E-state index contributed by atoms with van der Waals surface area (Å²) in [6.07, 6.45) is -0.472. The smallest absolute Gasteiger partial charge is 0.326 e. The number of ether oxygens (including phenoxy) is 1. The summed E-state index contributed by atoms with van der Waals surface area (Å²) in [6, 6.07) is 5.05. The minimum absolute atomic E-state index is 0.0263. The second kappa shape index (κ2) is 10.2. The predicted molar refractivity (Wildman–Crippen MR) is 102 cm³/mol. The van der Waals surface area contributed by atoms with E-state index in [0.717, 1.165) is 24.3 Å². The fourth-order valence-corrected chi connectivity index (χ4v) is 2.91. The maximum Gasteiger partial charge on any atom is 0.326 e. The van der Waals surface area contributed by atoms with Crippen LogP contribution in [0.25, 0.3) is 0 Å². The van der Waals surface area contributed by atoms with Crippen LogP contribution in [0.4, 0.5) is 14.5 Å². The number of nitrogens with zero attached hydrogens (tertiary/aromatic N) is 1. The molecule has 2 aromatic rings. The number of hydrogen-bond donors (Lipinski definition) is 2. The maximum absolute atomic E-state index is 13.4.